The van der Waals surface area contributed by atoms with Gasteiger partial charge in [-0.15, -0.1) is 0 Å². The van der Waals surface area contributed by atoms with E-state index in [2.05, 4.69) is 17.1 Å². The highest BCUT2D eigenvalue weighted by Crippen LogP contribution is 2.28. The topological polar surface area (TPSA) is 41.6 Å². The minimum absolute atomic E-state index is 0.247. The summed E-state index contributed by atoms with van der Waals surface area (Å²) in [5.74, 6) is -0.534. The molecule has 5 heteroatoms. The molecule has 1 heterocycles. The van der Waals surface area contributed by atoms with Crippen LogP contribution in [0.4, 0.5) is 10.1 Å². The summed E-state index contributed by atoms with van der Waals surface area (Å²) in [6, 6.07) is 6.08. The van der Waals surface area contributed by atoms with Crippen LogP contribution in [-0.2, 0) is 9.53 Å². The van der Waals surface area contributed by atoms with Crippen LogP contribution in [0.5, 0.6) is 0 Å². The number of ether oxygens (including phenoxy) is 1. The third-order valence-electron chi connectivity index (χ3n) is 4.05. The fourth-order valence-electron chi connectivity index (χ4n) is 2.86. The molecule has 0 saturated carbocycles. The molecule has 1 N–H and O–H groups in total. The fraction of sp³-hybridized carbons (Fsp3) is 0.562. The van der Waals surface area contributed by atoms with E-state index in [0.29, 0.717) is 12.8 Å². The number of nitrogens with one attached hydrogen (secondary N) is 1. The second-order valence-electron chi connectivity index (χ2n) is 5.55. The normalized spacial score (nSPS) is 18.2. The van der Waals surface area contributed by atoms with Crippen molar-refractivity contribution in [2.24, 2.45) is 0 Å². The van der Waals surface area contributed by atoms with E-state index in [9.17, 15) is 9.18 Å². The maximum absolute atomic E-state index is 13.0. The van der Waals surface area contributed by atoms with Gasteiger partial charge in [0.2, 0.25) is 0 Å². The van der Waals surface area contributed by atoms with Crippen LogP contribution in [0.15, 0.2) is 24.3 Å². The lowest BCUT2D eigenvalue weighted by Gasteiger charge is -2.40. The van der Waals surface area contributed by atoms with Crippen molar-refractivity contribution in [1.82, 2.24) is 4.90 Å². The first-order valence-electron chi connectivity index (χ1n) is 7.44. The lowest BCUT2D eigenvalue weighted by molar-refractivity contribution is -0.147. The zero-order valence-corrected chi connectivity index (χ0v) is 12.7. The quantitative estimate of drug-likeness (QED) is 0.848. The molecule has 1 aromatic carbocycles. The molecule has 1 aliphatic rings. The Kier molecular flexibility index (Phi) is 5.17. The predicted octanol–water partition coefficient (Wildman–Crippen LogP) is 2.66. The molecule has 0 unspecified atom stereocenters. The van der Waals surface area contributed by atoms with Gasteiger partial charge in [0.25, 0.3) is 0 Å². The Morgan fingerprint density at radius 3 is 2.48 bits per heavy atom. The van der Waals surface area contributed by atoms with Crippen LogP contribution in [0, 0.1) is 5.82 Å². The number of carbonyl (C=O) groups is 1. The molecule has 0 atom stereocenters. The van der Waals surface area contributed by atoms with Gasteiger partial charge >= 0.3 is 5.97 Å². The molecule has 21 heavy (non-hydrogen) atoms. The first kappa shape index (κ1) is 15.8. The Balaban J connectivity index is 2.11. The molecule has 0 aromatic heterocycles. The van der Waals surface area contributed by atoms with E-state index in [0.717, 1.165) is 31.7 Å². The van der Waals surface area contributed by atoms with E-state index in [4.69, 9.17) is 4.74 Å². The molecule has 1 aromatic rings. The van der Waals surface area contributed by atoms with Crippen molar-refractivity contribution in [1.29, 1.82) is 0 Å². The Morgan fingerprint density at radius 1 is 1.33 bits per heavy atom. The van der Waals surface area contributed by atoms with E-state index >= 15 is 0 Å². The van der Waals surface area contributed by atoms with Gasteiger partial charge in [0.1, 0.15) is 11.4 Å². The minimum Gasteiger partial charge on any atom is -0.467 e. The number of piperidine rings is 1. The molecule has 0 radical (unpaired) electrons. The molecule has 1 fully saturated rings. The van der Waals surface area contributed by atoms with Gasteiger partial charge in [-0.1, -0.05) is 6.92 Å². The smallest absolute Gasteiger partial charge is 0.331 e. The molecule has 2 rings (SSSR count). The molecular formula is C16H23FN2O2. The third kappa shape index (κ3) is 3.73. The summed E-state index contributed by atoms with van der Waals surface area (Å²) in [4.78, 5) is 14.6. The van der Waals surface area contributed by atoms with Crippen molar-refractivity contribution in [3.8, 4) is 0 Å². The van der Waals surface area contributed by atoms with Crippen LogP contribution in [0.25, 0.3) is 0 Å². The lowest BCUT2D eigenvalue weighted by atomic mass is 9.87. The Labute approximate surface area is 125 Å². The van der Waals surface area contributed by atoms with Crippen molar-refractivity contribution in [2.75, 3.05) is 32.1 Å². The Morgan fingerprint density at radius 2 is 1.95 bits per heavy atom. The summed E-state index contributed by atoms with van der Waals surface area (Å²) in [5, 5.41) is 3.27. The number of methoxy groups -OCH3 is 1. The third-order valence-corrected chi connectivity index (χ3v) is 4.05. The van der Waals surface area contributed by atoms with Gasteiger partial charge < -0.3 is 15.0 Å². The number of benzene rings is 1. The summed E-state index contributed by atoms with van der Waals surface area (Å²) in [5.41, 5.74) is 0.0299. The second kappa shape index (κ2) is 6.89. The lowest BCUT2D eigenvalue weighted by Crippen LogP contribution is -2.55. The number of esters is 1. The maximum atomic E-state index is 13.0. The molecule has 0 aliphatic carbocycles. The van der Waals surface area contributed by atoms with E-state index < -0.39 is 5.54 Å². The first-order chi connectivity index (χ1) is 10.1. The van der Waals surface area contributed by atoms with Gasteiger partial charge in [0, 0.05) is 18.8 Å². The summed E-state index contributed by atoms with van der Waals surface area (Å²) < 4.78 is 18.0. The fourth-order valence-corrected chi connectivity index (χ4v) is 2.86. The largest absolute Gasteiger partial charge is 0.467 e. The van der Waals surface area contributed by atoms with Crippen LogP contribution >= 0.6 is 0 Å². The van der Waals surface area contributed by atoms with Crippen LogP contribution in [0.2, 0.25) is 0 Å². The van der Waals surface area contributed by atoms with E-state index in [1.54, 1.807) is 12.1 Å². The minimum atomic E-state index is -0.711. The van der Waals surface area contributed by atoms with Crippen LogP contribution in [0.3, 0.4) is 0 Å². The molecular weight excluding hydrogens is 271 g/mol. The number of halogens is 1. The van der Waals surface area contributed by atoms with Gasteiger partial charge in [-0.05, 0) is 50.1 Å². The molecule has 1 aliphatic heterocycles. The first-order valence-corrected chi connectivity index (χ1v) is 7.44. The number of anilines is 1. The van der Waals surface area contributed by atoms with Crippen molar-refractivity contribution >= 4 is 11.7 Å². The van der Waals surface area contributed by atoms with Crippen molar-refractivity contribution in [3.05, 3.63) is 30.1 Å². The van der Waals surface area contributed by atoms with Crippen LogP contribution < -0.4 is 5.32 Å². The summed E-state index contributed by atoms with van der Waals surface area (Å²) in [6.07, 6.45) is 2.49. The van der Waals surface area contributed by atoms with Crippen molar-refractivity contribution in [3.63, 3.8) is 0 Å². The highest BCUT2D eigenvalue weighted by atomic mass is 19.1. The van der Waals surface area contributed by atoms with Gasteiger partial charge in [-0.25, -0.2) is 9.18 Å². The zero-order valence-electron chi connectivity index (χ0n) is 12.7. The highest BCUT2D eigenvalue weighted by Gasteiger charge is 2.42. The molecule has 0 amide bonds. The standard InChI is InChI=1S/C16H23FN2O2/c1-3-10-19-11-8-16(9-12-19,15(20)21-2)18-14-6-4-13(17)5-7-14/h4-7,18H,3,8-12H2,1-2H3. The van der Waals surface area contributed by atoms with Crippen molar-refractivity contribution in [2.45, 2.75) is 31.7 Å². The van der Waals surface area contributed by atoms with E-state index in [1.165, 1.54) is 19.2 Å². The summed E-state index contributed by atoms with van der Waals surface area (Å²) in [6.45, 7) is 4.92. The van der Waals surface area contributed by atoms with Crippen molar-refractivity contribution < 1.29 is 13.9 Å². The van der Waals surface area contributed by atoms with Gasteiger partial charge in [-0.2, -0.15) is 0 Å². The zero-order chi connectivity index (χ0) is 15.3. The average molecular weight is 294 g/mol. The number of hydrogen-bond acceptors (Lipinski definition) is 4. The highest BCUT2D eigenvalue weighted by molar-refractivity contribution is 5.84. The molecule has 0 spiro atoms. The summed E-state index contributed by atoms with van der Waals surface area (Å²) >= 11 is 0. The monoisotopic (exact) mass is 294 g/mol. The van der Waals surface area contributed by atoms with Gasteiger partial charge in [0.05, 0.1) is 7.11 Å². The number of carbonyl (C=O) groups excluding carboxylic acids is 1. The Hall–Kier alpha value is -1.62. The maximum Gasteiger partial charge on any atom is 0.331 e. The van der Waals surface area contributed by atoms with Crippen LogP contribution in [-0.4, -0.2) is 43.2 Å². The average Bonchev–Trinajstić information content (AvgIpc) is 2.51. The number of likely N-dealkylation sites (tertiary alicyclic amines) is 1. The molecule has 4 nitrogen and oxygen atoms in total. The van der Waals surface area contributed by atoms with E-state index in [1.807, 2.05) is 0 Å². The molecule has 116 valence electrons. The number of hydrogen-bond donors (Lipinski definition) is 1. The summed E-state index contributed by atoms with van der Waals surface area (Å²) in [7, 11) is 1.41. The number of nitrogens with zero attached hydrogens (tertiary/aromatic N) is 1. The SMILES string of the molecule is CCCN1CCC(Nc2ccc(F)cc2)(C(=O)OC)CC1. The van der Waals surface area contributed by atoms with Gasteiger partial charge in [-0.3, -0.25) is 0 Å². The molecule has 0 bridgehead atoms. The second-order valence-corrected chi connectivity index (χ2v) is 5.55. The van der Waals surface area contributed by atoms with Crippen LogP contribution in [0.1, 0.15) is 26.2 Å². The molecule has 1 saturated heterocycles. The van der Waals surface area contributed by atoms with E-state index in [-0.39, 0.29) is 11.8 Å². The Bertz CT molecular complexity index is 468. The number of rotatable bonds is 5. The predicted molar refractivity (Wildman–Crippen MR) is 80.7 cm³/mol. The van der Waals surface area contributed by atoms with Gasteiger partial charge in [0.15, 0.2) is 0 Å².